The van der Waals surface area contributed by atoms with Gasteiger partial charge in [0.05, 0.1) is 12.0 Å². The Kier molecular flexibility index (Phi) is 5.04. The summed E-state index contributed by atoms with van der Waals surface area (Å²) in [7, 11) is 1.76. The largest absolute Gasteiger partial charge is 0.341 e. The first-order valence-electron chi connectivity index (χ1n) is 5.97. The number of amides is 1. The SMILES string of the molecule is CC(C#N)CN(C)C(=O)C=C1CCCCC1. The van der Waals surface area contributed by atoms with E-state index in [4.69, 9.17) is 5.26 Å². The Hall–Kier alpha value is -1.30. The van der Waals surface area contributed by atoms with Gasteiger partial charge in [0.25, 0.3) is 0 Å². The molecule has 0 radical (unpaired) electrons. The zero-order valence-electron chi connectivity index (χ0n) is 10.2. The normalized spacial score (nSPS) is 17.4. The number of allylic oxidation sites excluding steroid dienone is 1. The van der Waals surface area contributed by atoms with Crippen LogP contribution in [0.4, 0.5) is 0 Å². The zero-order chi connectivity index (χ0) is 12.0. The van der Waals surface area contributed by atoms with Crippen LogP contribution in [0.1, 0.15) is 39.0 Å². The average Bonchev–Trinajstić information content (AvgIpc) is 2.30. The summed E-state index contributed by atoms with van der Waals surface area (Å²) in [5.74, 6) is -0.0577. The van der Waals surface area contributed by atoms with Crippen LogP contribution < -0.4 is 0 Å². The third-order valence-electron chi connectivity index (χ3n) is 2.97. The molecule has 0 heterocycles. The van der Waals surface area contributed by atoms with Crippen molar-refractivity contribution in [2.24, 2.45) is 5.92 Å². The molecule has 88 valence electrons. The van der Waals surface area contributed by atoms with E-state index in [1.165, 1.54) is 24.8 Å². The molecule has 1 fully saturated rings. The van der Waals surface area contributed by atoms with E-state index in [-0.39, 0.29) is 11.8 Å². The van der Waals surface area contributed by atoms with Crippen molar-refractivity contribution < 1.29 is 4.79 Å². The van der Waals surface area contributed by atoms with Crippen LogP contribution in [0.25, 0.3) is 0 Å². The lowest BCUT2D eigenvalue weighted by Crippen LogP contribution is -2.29. The lowest BCUT2D eigenvalue weighted by atomic mass is 9.94. The maximum Gasteiger partial charge on any atom is 0.246 e. The number of nitriles is 1. The van der Waals surface area contributed by atoms with Crippen molar-refractivity contribution in [3.63, 3.8) is 0 Å². The van der Waals surface area contributed by atoms with Crippen LogP contribution in [0, 0.1) is 17.2 Å². The summed E-state index contributed by atoms with van der Waals surface area (Å²) in [5, 5.41) is 8.68. The third kappa shape index (κ3) is 4.06. The van der Waals surface area contributed by atoms with Crippen LogP contribution in [-0.4, -0.2) is 24.4 Å². The number of nitrogens with zero attached hydrogens (tertiary/aromatic N) is 2. The zero-order valence-corrected chi connectivity index (χ0v) is 10.2. The molecule has 1 amide bonds. The number of likely N-dealkylation sites (N-methyl/N-ethyl adjacent to an activating group) is 1. The first-order chi connectivity index (χ1) is 7.63. The fourth-order valence-electron chi connectivity index (χ4n) is 1.98. The van der Waals surface area contributed by atoms with Crippen molar-refractivity contribution >= 4 is 5.91 Å². The van der Waals surface area contributed by atoms with Crippen molar-refractivity contribution in [2.45, 2.75) is 39.0 Å². The van der Waals surface area contributed by atoms with Gasteiger partial charge < -0.3 is 4.90 Å². The number of hydrogen-bond donors (Lipinski definition) is 0. The second kappa shape index (κ2) is 6.32. The summed E-state index contributed by atoms with van der Waals surface area (Å²) in [6.07, 6.45) is 7.59. The highest BCUT2D eigenvalue weighted by Gasteiger charge is 2.12. The first kappa shape index (κ1) is 12.8. The fourth-order valence-corrected chi connectivity index (χ4v) is 1.98. The molecule has 0 saturated heterocycles. The smallest absolute Gasteiger partial charge is 0.246 e. The molecule has 0 spiro atoms. The summed E-state index contributed by atoms with van der Waals surface area (Å²) in [5.41, 5.74) is 1.27. The maximum absolute atomic E-state index is 11.8. The van der Waals surface area contributed by atoms with Gasteiger partial charge in [-0.15, -0.1) is 0 Å². The van der Waals surface area contributed by atoms with Gasteiger partial charge in [0, 0.05) is 19.7 Å². The quantitative estimate of drug-likeness (QED) is 0.686. The molecule has 1 atom stereocenters. The Labute approximate surface area is 97.7 Å². The molecule has 0 N–H and O–H groups in total. The summed E-state index contributed by atoms with van der Waals surface area (Å²) in [6.45, 7) is 2.34. The van der Waals surface area contributed by atoms with E-state index in [0.29, 0.717) is 6.54 Å². The highest BCUT2D eigenvalue weighted by molar-refractivity contribution is 5.88. The molecule has 1 aliphatic rings. The van der Waals surface area contributed by atoms with E-state index >= 15 is 0 Å². The van der Waals surface area contributed by atoms with E-state index in [2.05, 4.69) is 6.07 Å². The molecule has 3 heteroatoms. The Morgan fingerprint density at radius 3 is 2.69 bits per heavy atom. The lowest BCUT2D eigenvalue weighted by Gasteiger charge is -2.18. The predicted molar refractivity (Wildman–Crippen MR) is 63.6 cm³/mol. The van der Waals surface area contributed by atoms with Gasteiger partial charge in [-0.05, 0) is 32.6 Å². The summed E-state index contributed by atoms with van der Waals surface area (Å²) in [6, 6.07) is 2.14. The van der Waals surface area contributed by atoms with Crippen LogP contribution >= 0.6 is 0 Å². The first-order valence-corrected chi connectivity index (χ1v) is 5.97. The highest BCUT2D eigenvalue weighted by atomic mass is 16.2. The maximum atomic E-state index is 11.8. The number of carbonyl (C=O) groups excluding carboxylic acids is 1. The van der Waals surface area contributed by atoms with Gasteiger partial charge in [0.2, 0.25) is 5.91 Å². The van der Waals surface area contributed by atoms with Gasteiger partial charge in [-0.1, -0.05) is 12.0 Å². The number of rotatable bonds is 3. The molecular weight excluding hydrogens is 200 g/mol. The topological polar surface area (TPSA) is 44.1 Å². The molecule has 0 aromatic heterocycles. The van der Waals surface area contributed by atoms with Gasteiger partial charge in [-0.2, -0.15) is 5.26 Å². The highest BCUT2D eigenvalue weighted by Crippen LogP contribution is 2.22. The van der Waals surface area contributed by atoms with Crippen LogP contribution in [0.15, 0.2) is 11.6 Å². The molecule has 3 nitrogen and oxygen atoms in total. The van der Waals surface area contributed by atoms with Gasteiger partial charge in [0.15, 0.2) is 0 Å². The molecule has 16 heavy (non-hydrogen) atoms. The van der Waals surface area contributed by atoms with E-state index in [9.17, 15) is 4.79 Å². The fraction of sp³-hybridized carbons (Fsp3) is 0.692. The number of carbonyl (C=O) groups is 1. The minimum atomic E-state index is -0.0984. The van der Waals surface area contributed by atoms with Crippen LogP contribution in [-0.2, 0) is 4.79 Å². The van der Waals surface area contributed by atoms with Gasteiger partial charge in [-0.3, -0.25) is 4.79 Å². The molecule has 0 aliphatic heterocycles. The van der Waals surface area contributed by atoms with Crippen molar-refractivity contribution in [3.05, 3.63) is 11.6 Å². The minimum absolute atomic E-state index is 0.0407. The standard InChI is InChI=1S/C13H20N2O/c1-11(9-14)10-15(2)13(16)8-12-6-4-3-5-7-12/h8,11H,3-7,10H2,1-2H3. The average molecular weight is 220 g/mol. The minimum Gasteiger partial charge on any atom is -0.341 e. The summed E-state index contributed by atoms with van der Waals surface area (Å²) in [4.78, 5) is 13.4. The Bertz CT molecular complexity index is 306. The lowest BCUT2D eigenvalue weighted by molar-refractivity contribution is -0.125. The molecule has 1 saturated carbocycles. The van der Waals surface area contributed by atoms with Crippen molar-refractivity contribution in [1.29, 1.82) is 5.26 Å². The van der Waals surface area contributed by atoms with E-state index in [0.717, 1.165) is 12.8 Å². The summed E-state index contributed by atoms with van der Waals surface area (Å²) < 4.78 is 0. The second-order valence-corrected chi connectivity index (χ2v) is 4.61. The molecule has 1 unspecified atom stereocenters. The predicted octanol–water partition coefficient (Wildman–Crippen LogP) is 2.49. The van der Waals surface area contributed by atoms with Crippen LogP contribution in [0.5, 0.6) is 0 Å². The molecule has 1 rings (SSSR count). The van der Waals surface area contributed by atoms with Crippen LogP contribution in [0.3, 0.4) is 0 Å². The Morgan fingerprint density at radius 2 is 2.12 bits per heavy atom. The Morgan fingerprint density at radius 1 is 1.50 bits per heavy atom. The van der Waals surface area contributed by atoms with Gasteiger partial charge in [-0.25, -0.2) is 0 Å². The van der Waals surface area contributed by atoms with Gasteiger partial charge in [0.1, 0.15) is 0 Å². The van der Waals surface area contributed by atoms with Crippen molar-refractivity contribution in [1.82, 2.24) is 4.90 Å². The number of hydrogen-bond acceptors (Lipinski definition) is 2. The molecular formula is C13H20N2O. The monoisotopic (exact) mass is 220 g/mol. The van der Waals surface area contributed by atoms with E-state index in [1.54, 1.807) is 18.0 Å². The molecule has 0 aromatic carbocycles. The van der Waals surface area contributed by atoms with Gasteiger partial charge >= 0.3 is 0 Å². The third-order valence-corrected chi connectivity index (χ3v) is 2.97. The van der Waals surface area contributed by atoms with Crippen LogP contribution in [0.2, 0.25) is 0 Å². The van der Waals surface area contributed by atoms with E-state index in [1.807, 2.05) is 6.92 Å². The molecule has 0 bridgehead atoms. The Balaban J connectivity index is 2.47. The summed E-state index contributed by atoms with van der Waals surface area (Å²) >= 11 is 0. The van der Waals surface area contributed by atoms with Crippen molar-refractivity contribution in [3.8, 4) is 6.07 Å². The second-order valence-electron chi connectivity index (χ2n) is 4.61. The van der Waals surface area contributed by atoms with E-state index < -0.39 is 0 Å². The molecule has 1 aliphatic carbocycles. The molecule has 0 aromatic rings. The van der Waals surface area contributed by atoms with Crippen molar-refractivity contribution in [2.75, 3.05) is 13.6 Å².